The first-order valence-electron chi connectivity index (χ1n) is 9.43. The third kappa shape index (κ3) is 3.31. The van der Waals surface area contributed by atoms with Crippen molar-refractivity contribution in [2.45, 2.75) is 32.6 Å². The van der Waals surface area contributed by atoms with Gasteiger partial charge in [-0.2, -0.15) is 0 Å². The first-order valence-corrected chi connectivity index (χ1v) is 9.43. The van der Waals surface area contributed by atoms with Crippen molar-refractivity contribution in [3.05, 3.63) is 70.8 Å². The van der Waals surface area contributed by atoms with Gasteiger partial charge < -0.3 is 9.64 Å². The third-order valence-electron chi connectivity index (χ3n) is 5.11. The summed E-state index contributed by atoms with van der Waals surface area (Å²) in [6, 6.07) is 14.1. The van der Waals surface area contributed by atoms with Crippen molar-refractivity contribution in [2.75, 3.05) is 13.1 Å². The fourth-order valence-electron chi connectivity index (χ4n) is 3.86. The average molecular weight is 378 g/mol. The minimum Gasteiger partial charge on any atom is -0.372 e. The van der Waals surface area contributed by atoms with E-state index in [4.69, 9.17) is 4.74 Å². The number of morpholine rings is 1. The summed E-state index contributed by atoms with van der Waals surface area (Å²) in [6.07, 6.45) is -0.0709. The fraction of sp³-hybridized carbons (Fsp3) is 0.318. The lowest BCUT2D eigenvalue weighted by atomic mass is 10.0. The minimum absolute atomic E-state index is 0.0355. The molecular formula is C22H22N2O4. The highest BCUT2D eigenvalue weighted by Crippen LogP contribution is 2.26. The fourth-order valence-corrected chi connectivity index (χ4v) is 3.86. The molecule has 28 heavy (non-hydrogen) atoms. The summed E-state index contributed by atoms with van der Waals surface area (Å²) < 4.78 is 5.68. The second-order valence-corrected chi connectivity index (χ2v) is 7.41. The van der Waals surface area contributed by atoms with E-state index in [-0.39, 0.29) is 36.5 Å². The standard InChI is InChI=1S/C22H22N2O4/c1-14-11-23(12-15(2)28-14)20(25)17-8-9-18-19(10-17)22(27)24(21(18)26)13-16-6-4-3-5-7-16/h3-10,14-15H,11-13H2,1-2H3. The van der Waals surface area contributed by atoms with E-state index in [1.54, 1.807) is 23.1 Å². The molecular weight excluding hydrogens is 356 g/mol. The molecule has 0 N–H and O–H groups in total. The van der Waals surface area contributed by atoms with E-state index >= 15 is 0 Å². The van der Waals surface area contributed by atoms with Crippen LogP contribution < -0.4 is 0 Å². The van der Waals surface area contributed by atoms with Crippen LogP contribution in [0.2, 0.25) is 0 Å². The SMILES string of the molecule is CC1CN(C(=O)c2ccc3c(c2)C(=O)N(Cc2ccccc2)C3=O)CC(C)O1. The molecule has 0 radical (unpaired) electrons. The third-order valence-corrected chi connectivity index (χ3v) is 5.11. The van der Waals surface area contributed by atoms with Crippen LogP contribution in [0.3, 0.4) is 0 Å². The molecule has 0 aromatic heterocycles. The van der Waals surface area contributed by atoms with Crippen LogP contribution in [0.4, 0.5) is 0 Å². The molecule has 6 nitrogen and oxygen atoms in total. The molecule has 0 saturated carbocycles. The molecule has 0 spiro atoms. The molecule has 144 valence electrons. The van der Waals surface area contributed by atoms with Crippen molar-refractivity contribution in [3.8, 4) is 0 Å². The van der Waals surface area contributed by atoms with E-state index in [2.05, 4.69) is 0 Å². The van der Waals surface area contributed by atoms with E-state index in [1.807, 2.05) is 44.2 Å². The van der Waals surface area contributed by atoms with Crippen LogP contribution in [0.1, 0.15) is 50.5 Å². The first-order chi connectivity index (χ1) is 13.4. The lowest BCUT2D eigenvalue weighted by Crippen LogP contribution is -2.48. The molecule has 3 amide bonds. The maximum atomic E-state index is 12.9. The summed E-state index contributed by atoms with van der Waals surface area (Å²) in [5.74, 6) is -0.828. The molecule has 2 aromatic carbocycles. The Bertz CT molecular complexity index is 931. The van der Waals surface area contributed by atoms with Gasteiger partial charge in [0.05, 0.1) is 29.9 Å². The second-order valence-electron chi connectivity index (χ2n) is 7.41. The summed E-state index contributed by atoms with van der Waals surface area (Å²) in [5.41, 5.74) is 1.94. The van der Waals surface area contributed by atoms with E-state index in [1.165, 1.54) is 4.90 Å². The van der Waals surface area contributed by atoms with Gasteiger partial charge >= 0.3 is 0 Å². The molecule has 4 rings (SSSR count). The highest BCUT2D eigenvalue weighted by Gasteiger charge is 2.36. The number of amides is 3. The van der Waals surface area contributed by atoms with Crippen molar-refractivity contribution < 1.29 is 19.1 Å². The quantitative estimate of drug-likeness (QED) is 0.771. The Labute approximate surface area is 163 Å². The number of ether oxygens (including phenoxy) is 1. The monoisotopic (exact) mass is 378 g/mol. The van der Waals surface area contributed by atoms with Crippen LogP contribution in [0.5, 0.6) is 0 Å². The molecule has 1 fully saturated rings. The molecule has 0 bridgehead atoms. The zero-order chi connectivity index (χ0) is 19.8. The summed E-state index contributed by atoms with van der Waals surface area (Å²) in [4.78, 5) is 41.4. The number of benzene rings is 2. The zero-order valence-corrected chi connectivity index (χ0v) is 15.9. The van der Waals surface area contributed by atoms with Crippen LogP contribution in [0.15, 0.2) is 48.5 Å². The maximum Gasteiger partial charge on any atom is 0.261 e. The highest BCUT2D eigenvalue weighted by atomic mass is 16.5. The molecule has 2 aliphatic heterocycles. The van der Waals surface area contributed by atoms with Crippen LogP contribution in [0.25, 0.3) is 0 Å². The van der Waals surface area contributed by atoms with Crippen LogP contribution in [0, 0.1) is 0 Å². The molecule has 2 aromatic rings. The number of hydrogen-bond acceptors (Lipinski definition) is 4. The Morgan fingerprint density at radius 2 is 1.61 bits per heavy atom. The van der Waals surface area contributed by atoms with E-state index in [0.717, 1.165) is 5.56 Å². The smallest absolute Gasteiger partial charge is 0.261 e. The van der Waals surface area contributed by atoms with Gasteiger partial charge in [-0.05, 0) is 37.6 Å². The van der Waals surface area contributed by atoms with Crippen LogP contribution in [-0.2, 0) is 11.3 Å². The van der Waals surface area contributed by atoms with Gasteiger partial charge in [-0.3, -0.25) is 19.3 Å². The number of carbonyl (C=O) groups excluding carboxylic acids is 3. The summed E-state index contributed by atoms with van der Waals surface area (Å²) in [7, 11) is 0. The van der Waals surface area contributed by atoms with Crippen LogP contribution >= 0.6 is 0 Å². The Morgan fingerprint density at radius 1 is 0.964 bits per heavy atom. The molecule has 2 atom stereocenters. The van der Waals surface area contributed by atoms with Gasteiger partial charge in [0.1, 0.15) is 0 Å². The van der Waals surface area contributed by atoms with Crippen molar-refractivity contribution in [1.82, 2.24) is 9.80 Å². The van der Waals surface area contributed by atoms with Crippen molar-refractivity contribution >= 4 is 17.7 Å². The second kappa shape index (κ2) is 7.20. The number of hydrogen-bond donors (Lipinski definition) is 0. The predicted molar refractivity (Wildman–Crippen MR) is 103 cm³/mol. The Balaban J connectivity index is 1.57. The molecule has 0 aliphatic carbocycles. The van der Waals surface area contributed by atoms with Gasteiger partial charge in [-0.15, -0.1) is 0 Å². The van der Waals surface area contributed by atoms with E-state index < -0.39 is 0 Å². The Hall–Kier alpha value is -2.99. The Kier molecular flexibility index (Phi) is 4.73. The van der Waals surface area contributed by atoms with Crippen LogP contribution in [-0.4, -0.2) is 52.8 Å². The van der Waals surface area contributed by atoms with Gasteiger partial charge in [0.2, 0.25) is 0 Å². The average Bonchev–Trinajstić information content (AvgIpc) is 2.92. The van der Waals surface area contributed by atoms with Crippen molar-refractivity contribution in [2.24, 2.45) is 0 Å². The number of rotatable bonds is 3. The molecule has 2 aliphatic rings. The summed E-state index contributed by atoms with van der Waals surface area (Å²) in [5, 5.41) is 0. The van der Waals surface area contributed by atoms with Gasteiger partial charge in [-0.25, -0.2) is 0 Å². The lowest BCUT2D eigenvalue weighted by Gasteiger charge is -2.35. The summed E-state index contributed by atoms with van der Waals surface area (Å²) >= 11 is 0. The minimum atomic E-state index is -0.359. The zero-order valence-electron chi connectivity index (χ0n) is 15.9. The van der Waals surface area contributed by atoms with E-state index in [9.17, 15) is 14.4 Å². The van der Waals surface area contributed by atoms with Crippen molar-refractivity contribution in [1.29, 1.82) is 0 Å². The topological polar surface area (TPSA) is 66.9 Å². The molecule has 2 unspecified atom stereocenters. The normalized spacial score (nSPS) is 21.8. The Morgan fingerprint density at radius 3 is 2.29 bits per heavy atom. The van der Waals surface area contributed by atoms with Crippen molar-refractivity contribution in [3.63, 3.8) is 0 Å². The van der Waals surface area contributed by atoms with Gasteiger partial charge in [0.25, 0.3) is 17.7 Å². The largest absolute Gasteiger partial charge is 0.372 e. The highest BCUT2D eigenvalue weighted by molar-refractivity contribution is 6.22. The molecule has 6 heteroatoms. The van der Waals surface area contributed by atoms with Gasteiger partial charge in [0, 0.05) is 18.7 Å². The number of imide groups is 1. The predicted octanol–water partition coefficient (Wildman–Crippen LogP) is 2.73. The van der Waals surface area contributed by atoms with Gasteiger partial charge in [0.15, 0.2) is 0 Å². The lowest BCUT2D eigenvalue weighted by molar-refractivity contribution is -0.0586. The van der Waals surface area contributed by atoms with E-state index in [0.29, 0.717) is 29.8 Å². The first kappa shape index (κ1) is 18.4. The molecule has 1 saturated heterocycles. The number of carbonyl (C=O) groups is 3. The summed E-state index contributed by atoms with van der Waals surface area (Å²) in [6.45, 7) is 5.10. The number of fused-ring (bicyclic) bond motifs is 1. The number of nitrogens with zero attached hydrogens (tertiary/aromatic N) is 2. The molecule has 2 heterocycles. The van der Waals surface area contributed by atoms with Gasteiger partial charge in [-0.1, -0.05) is 30.3 Å². The maximum absolute atomic E-state index is 12.9.